The van der Waals surface area contributed by atoms with Gasteiger partial charge in [0.1, 0.15) is 11.6 Å². The van der Waals surface area contributed by atoms with Gasteiger partial charge in [-0.2, -0.15) is 0 Å². The standard InChI is InChI=1S/C19H16F4N2O5/c1-9(30-19(28)11-4-3-10(29-2)7-13(11)21)18(27)24-8-15(26)25-14-6-5-12(20)16(22)17(14)23/h3-7,9H,8H2,1-2H3,(H,24,27)(H,25,26). The monoisotopic (exact) mass is 428 g/mol. The highest BCUT2D eigenvalue weighted by Crippen LogP contribution is 2.19. The van der Waals surface area contributed by atoms with E-state index in [4.69, 9.17) is 9.47 Å². The van der Waals surface area contributed by atoms with Gasteiger partial charge in [-0.3, -0.25) is 9.59 Å². The van der Waals surface area contributed by atoms with Gasteiger partial charge < -0.3 is 20.1 Å². The average Bonchev–Trinajstić information content (AvgIpc) is 2.72. The van der Waals surface area contributed by atoms with Crippen molar-refractivity contribution in [2.24, 2.45) is 0 Å². The lowest BCUT2D eigenvalue weighted by Gasteiger charge is -2.14. The smallest absolute Gasteiger partial charge is 0.341 e. The van der Waals surface area contributed by atoms with Crippen LogP contribution < -0.4 is 15.4 Å². The summed E-state index contributed by atoms with van der Waals surface area (Å²) in [6.07, 6.45) is -1.40. The molecule has 0 aliphatic heterocycles. The van der Waals surface area contributed by atoms with Crippen LogP contribution in [0.1, 0.15) is 17.3 Å². The van der Waals surface area contributed by atoms with Crippen LogP contribution in [0.4, 0.5) is 23.2 Å². The lowest BCUT2D eigenvalue weighted by Crippen LogP contribution is -2.40. The molecule has 0 saturated heterocycles. The van der Waals surface area contributed by atoms with Gasteiger partial charge in [0.05, 0.1) is 24.9 Å². The van der Waals surface area contributed by atoms with E-state index in [0.717, 1.165) is 18.2 Å². The maximum Gasteiger partial charge on any atom is 0.341 e. The van der Waals surface area contributed by atoms with E-state index in [0.29, 0.717) is 6.07 Å². The number of carbonyl (C=O) groups is 3. The van der Waals surface area contributed by atoms with Crippen molar-refractivity contribution in [1.29, 1.82) is 0 Å². The average molecular weight is 428 g/mol. The van der Waals surface area contributed by atoms with Gasteiger partial charge in [-0.25, -0.2) is 22.4 Å². The fraction of sp³-hybridized carbons (Fsp3) is 0.211. The SMILES string of the molecule is COc1ccc(C(=O)OC(C)C(=O)NCC(=O)Nc2ccc(F)c(F)c2F)c(F)c1. The molecule has 0 radical (unpaired) electrons. The highest BCUT2D eigenvalue weighted by atomic mass is 19.2. The van der Waals surface area contributed by atoms with E-state index in [1.807, 2.05) is 5.32 Å². The highest BCUT2D eigenvalue weighted by molar-refractivity contribution is 5.96. The zero-order chi connectivity index (χ0) is 22.4. The number of carbonyl (C=O) groups excluding carboxylic acids is 3. The van der Waals surface area contributed by atoms with Gasteiger partial charge in [0.15, 0.2) is 23.6 Å². The van der Waals surface area contributed by atoms with Crippen molar-refractivity contribution in [3.8, 4) is 5.75 Å². The van der Waals surface area contributed by atoms with Crippen LogP contribution in [0.2, 0.25) is 0 Å². The number of esters is 1. The van der Waals surface area contributed by atoms with Crippen LogP contribution in [0.15, 0.2) is 30.3 Å². The molecule has 0 aliphatic rings. The van der Waals surface area contributed by atoms with Crippen molar-refractivity contribution in [3.63, 3.8) is 0 Å². The van der Waals surface area contributed by atoms with E-state index in [-0.39, 0.29) is 5.75 Å². The molecule has 0 bridgehead atoms. The van der Waals surface area contributed by atoms with Gasteiger partial charge in [-0.05, 0) is 31.2 Å². The summed E-state index contributed by atoms with van der Waals surface area (Å²) in [6, 6.07) is 4.83. The molecule has 11 heteroatoms. The van der Waals surface area contributed by atoms with Gasteiger partial charge in [-0.15, -0.1) is 0 Å². The first kappa shape index (κ1) is 22.7. The summed E-state index contributed by atoms with van der Waals surface area (Å²) in [4.78, 5) is 35.7. The number of hydrogen-bond acceptors (Lipinski definition) is 5. The van der Waals surface area contributed by atoms with Crippen LogP contribution >= 0.6 is 0 Å². The Hall–Kier alpha value is -3.63. The van der Waals surface area contributed by atoms with Crippen molar-refractivity contribution in [2.45, 2.75) is 13.0 Å². The maximum atomic E-state index is 13.9. The molecule has 30 heavy (non-hydrogen) atoms. The lowest BCUT2D eigenvalue weighted by atomic mass is 10.2. The number of methoxy groups -OCH3 is 1. The van der Waals surface area contributed by atoms with Crippen molar-refractivity contribution in [2.75, 3.05) is 19.0 Å². The fourth-order valence-electron chi connectivity index (χ4n) is 2.19. The second kappa shape index (κ2) is 9.72. The van der Waals surface area contributed by atoms with Gasteiger partial charge in [0.25, 0.3) is 5.91 Å². The fourth-order valence-corrected chi connectivity index (χ4v) is 2.19. The van der Waals surface area contributed by atoms with Crippen molar-refractivity contribution in [1.82, 2.24) is 5.32 Å². The third-order valence-electron chi connectivity index (χ3n) is 3.78. The Bertz CT molecular complexity index is 984. The van der Waals surface area contributed by atoms with Crippen LogP contribution in [0.25, 0.3) is 0 Å². The first-order chi connectivity index (χ1) is 14.1. The molecular formula is C19H16F4N2O5. The largest absolute Gasteiger partial charge is 0.497 e. The van der Waals surface area contributed by atoms with Crippen LogP contribution in [0.5, 0.6) is 5.75 Å². The molecular weight excluding hydrogens is 412 g/mol. The summed E-state index contributed by atoms with van der Waals surface area (Å²) < 4.78 is 63.1. The van der Waals surface area contributed by atoms with Gasteiger partial charge >= 0.3 is 5.97 Å². The summed E-state index contributed by atoms with van der Waals surface area (Å²) in [6.45, 7) is 0.498. The lowest BCUT2D eigenvalue weighted by molar-refractivity contribution is -0.130. The number of amides is 2. The van der Waals surface area contributed by atoms with Gasteiger partial charge in [-0.1, -0.05) is 0 Å². The number of rotatable bonds is 7. The van der Waals surface area contributed by atoms with E-state index in [9.17, 15) is 31.9 Å². The number of hydrogen-bond donors (Lipinski definition) is 2. The predicted octanol–water partition coefficient (Wildman–Crippen LogP) is 2.55. The van der Waals surface area contributed by atoms with Crippen molar-refractivity contribution >= 4 is 23.5 Å². The second-order valence-corrected chi connectivity index (χ2v) is 5.88. The van der Waals surface area contributed by atoms with Crippen LogP contribution in [0, 0.1) is 23.3 Å². The Kier molecular flexibility index (Phi) is 7.34. The Morgan fingerprint density at radius 3 is 2.33 bits per heavy atom. The molecule has 0 fully saturated rings. The zero-order valence-electron chi connectivity index (χ0n) is 15.7. The van der Waals surface area contributed by atoms with Crippen LogP contribution in [-0.4, -0.2) is 37.5 Å². The Morgan fingerprint density at radius 1 is 1.00 bits per heavy atom. The second-order valence-electron chi connectivity index (χ2n) is 5.88. The summed E-state index contributed by atoms with van der Waals surface area (Å²) in [7, 11) is 1.32. The molecule has 160 valence electrons. The minimum atomic E-state index is -1.76. The molecule has 0 aromatic heterocycles. The number of anilines is 1. The van der Waals surface area contributed by atoms with Gasteiger partial charge in [0.2, 0.25) is 5.91 Å². The number of ether oxygens (including phenoxy) is 2. The molecule has 1 unspecified atom stereocenters. The molecule has 2 aromatic rings. The molecule has 0 aliphatic carbocycles. The molecule has 2 rings (SSSR count). The van der Waals surface area contributed by atoms with E-state index in [2.05, 4.69) is 5.32 Å². The zero-order valence-corrected chi connectivity index (χ0v) is 15.7. The summed E-state index contributed by atoms with van der Waals surface area (Å²) in [5.41, 5.74) is -1.05. The predicted molar refractivity (Wildman–Crippen MR) is 95.8 cm³/mol. The Labute approximate surface area is 168 Å². The molecule has 2 N–H and O–H groups in total. The van der Waals surface area contributed by atoms with Crippen LogP contribution in [0.3, 0.4) is 0 Å². The Morgan fingerprint density at radius 2 is 1.70 bits per heavy atom. The highest BCUT2D eigenvalue weighted by Gasteiger charge is 2.22. The molecule has 2 amide bonds. The van der Waals surface area contributed by atoms with E-state index >= 15 is 0 Å². The minimum Gasteiger partial charge on any atom is -0.497 e. The van der Waals surface area contributed by atoms with Crippen molar-refractivity contribution < 1.29 is 41.4 Å². The normalized spacial score (nSPS) is 11.4. The van der Waals surface area contributed by atoms with E-state index in [1.165, 1.54) is 20.1 Å². The van der Waals surface area contributed by atoms with Crippen LogP contribution in [-0.2, 0) is 14.3 Å². The summed E-state index contributed by atoms with van der Waals surface area (Å²) in [5.74, 6) is -8.50. The molecule has 1 atom stereocenters. The molecule has 0 heterocycles. The Balaban J connectivity index is 1.89. The third kappa shape index (κ3) is 5.46. The quantitative estimate of drug-likeness (QED) is 0.402. The number of halogens is 4. The summed E-state index contributed by atoms with van der Waals surface area (Å²) in [5, 5.41) is 4.06. The van der Waals surface area contributed by atoms with E-state index in [1.54, 1.807) is 0 Å². The van der Waals surface area contributed by atoms with Gasteiger partial charge in [0, 0.05) is 6.07 Å². The molecule has 2 aromatic carbocycles. The summed E-state index contributed by atoms with van der Waals surface area (Å²) >= 11 is 0. The minimum absolute atomic E-state index is 0.179. The third-order valence-corrected chi connectivity index (χ3v) is 3.78. The molecule has 0 saturated carbocycles. The first-order valence-electron chi connectivity index (χ1n) is 8.39. The molecule has 7 nitrogen and oxygen atoms in total. The first-order valence-corrected chi connectivity index (χ1v) is 8.39. The number of nitrogens with one attached hydrogen (secondary N) is 2. The topological polar surface area (TPSA) is 93.7 Å². The maximum absolute atomic E-state index is 13.9. The number of benzene rings is 2. The molecule has 0 spiro atoms. The van der Waals surface area contributed by atoms with E-state index < -0.39 is 65.0 Å². The van der Waals surface area contributed by atoms with Crippen molar-refractivity contribution in [3.05, 3.63) is 59.2 Å².